The molecule has 1 aliphatic rings. The van der Waals surface area contributed by atoms with Gasteiger partial charge in [-0.05, 0) is 54.4 Å². The summed E-state index contributed by atoms with van der Waals surface area (Å²) in [6.45, 7) is 6.87. The van der Waals surface area contributed by atoms with Gasteiger partial charge in [-0.15, -0.1) is 0 Å². The number of phenols is 1. The first kappa shape index (κ1) is 65.6. The number of rotatable bonds is 33. The molecule has 1 aliphatic heterocycles. The highest BCUT2D eigenvalue weighted by molar-refractivity contribution is 6.00. The van der Waals surface area contributed by atoms with Crippen LogP contribution in [-0.2, 0) is 75.2 Å². The number of nitrogens with zero attached hydrogens (tertiary/aromatic N) is 1. The number of carboxylic acid groups (broad SMARTS) is 5. The van der Waals surface area contributed by atoms with Crippen LogP contribution in [0.2, 0.25) is 0 Å². The number of hydrogen-bond acceptors (Lipinski definition) is 15. The summed E-state index contributed by atoms with van der Waals surface area (Å²) in [5.41, 5.74) is 6.82. The van der Waals surface area contributed by atoms with Gasteiger partial charge >= 0.3 is 29.8 Å². The minimum Gasteiger partial charge on any atom is -0.508 e. The van der Waals surface area contributed by atoms with E-state index >= 15 is 0 Å². The largest absolute Gasteiger partial charge is 0.508 e. The van der Waals surface area contributed by atoms with Crippen LogP contribution < -0.4 is 43.0 Å². The summed E-state index contributed by atoms with van der Waals surface area (Å²) in [4.78, 5) is 172. The summed E-state index contributed by atoms with van der Waals surface area (Å²) in [5.74, 6) is -17.8. The smallest absolute Gasteiger partial charge is 0.326 e. The van der Waals surface area contributed by atoms with Crippen molar-refractivity contribution in [3.05, 3.63) is 65.7 Å². The van der Waals surface area contributed by atoms with Crippen molar-refractivity contribution in [1.82, 2.24) is 42.1 Å². The van der Waals surface area contributed by atoms with Crippen LogP contribution >= 0.6 is 0 Å². The highest BCUT2D eigenvalue weighted by Crippen LogP contribution is 2.22. The van der Waals surface area contributed by atoms with Crippen LogP contribution in [-0.4, -0.2) is 174 Å². The molecule has 1 heterocycles. The number of carboxylic acids is 5. The Bertz CT molecular complexity index is 2570. The molecule has 0 spiro atoms. The number of carbonyl (C=O) groups is 13. The van der Waals surface area contributed by atoms with E-state index < -0.39 is 182 Å². The fourth-order valence-corrected chi connectivity index (χ4v) is 8.38. The summed E-state index contributed by atoms with van der Waals surface area (Å²) < 4.78 is 0. The summed E-state index contributed by atoms with van der Waals surface area (Å²) in [6.07, 6.45) is -4.12. The van der Waals surface area contributed by atoms with Gasteiger partial charge in [0, 0.05) is 25.8 Å². The van der Waals surface area contributed by atoms with Crippen LogP contribution in [0.5, 0.6) is 5.75 Å². The van der Waals surface area contributed by atoms with Crippen molar-refractivity contribution in [3.8, 4) is 5.75 Å². The highest BCUT2D eigenvalue weighted by Gasteiger charge is 2.40. The third-order valence-corrected chi connectivity index (χ3v) is 13.4. The van der Waals surface area contributed by atoms with Crippen LogP contribution in [0, 0.1) is 11.8 Å². The van der Waals surface area contributed by atoms with Crippen LogP contribution in [0.15, 0.2) is 54.6 Å². The van der Waals surface area contributed by atoms with E-state index in [9.17, 15) is 93.0 Å². The van der Waals surface area contributed by atoms with Crippen molar-refractivity contribution < 1.29 is 93.0 Å². The maximum absolute atomic E-state index is 14.3. The molecule has 0 aromatic heterocycles. The molecule has 3 rings (SSSR count). The summed E-state index contributed by atoms with van der Waals surface area (Å²) in [5, 5.41) is 74.1. The maximum Gasteiger partial charge on any atom is 0.326 e. The van der Waals surface area contributed by atoms with Crippen molar-refractivity contribution in [2.24, 2.45) is 17.6 Å². The Labute approximate surface area is 459 Å². The van der Waals surface area contributed by atoms with Gasteiger partial charge < -0.3 is 78.5 Å². The molecule has 1 fully saturated rings. The Morgan fingerprint density at radius 1 is 0.537 bits per heavy atom. The van der Waals surface area contributed by atoms with E-state index in [0.29, 0.717) is 18.4 Å². The van der Waals surface area contributed by atoms with Gasteiger partial charge in [-0.2, -0.15) is 0 Å². The third kappa shape index (κ3) is 20.9. The molecule has 438 valence electrons. The number of amides is 8. The Kier molecular flexibility index (Phi) is 25.9. The third-order valence-electron chi connectivity index (χ3n) is 13.4. The standard InChI is InChI=1S/C52H71N9O19/c1-5-26(3)42(53)51(78)61-20-10-13-37(61)49(76)54-31(18-19-38(63)64)44(71)57-34(23-39(65)66)46(73)55-32(21-28-11-8-7-9-12-28)45(72)58-35(24-40(67)68)47(74)56-33(22-29-14-16-30(62)17-15-29)48(75)60-43(27(4)6-2)50(77)59-36(52(79)80)25-41(69)70/h7-9,11-12,14-17,26-27,31-37,42-43,62H,5-6,10,13,18-25,53H2,1-4H3,(H,54,76)(H,55,73)(H,56,74)(H,57,71)(H,58,72)(H,59,77)(H,60,75)(H,63,64)(H,65,66)(H,67,68)(H,69,70)(H,79,80)/t26-,27-,31-,32-,33-,34-,35-,36-,37-,42-,43-/m0/s1. The molecule has 2 aromatic carbocycles. The van der Waals surface area contributed by atoms with Gasteiger partial charge in [0.1, 0.15) is 54.1 Å². The van der Waals surface area contributed by atoms with Crippen LogP contribution in [0.4, 0.5) is 0 Å². The van der Waals surface area contributed by atoms with Crippen molar-refractivity contribution in [2.75, 3.05) is 6.54 Å². The SMILES string of the molecule is CC[C@H](C)[C@H](N)C(=O)N1CCC[C@H]1C(=O)N[C@@H](CCC(=O)O)C(=O)N[C@@H](CC(=O)O)C(=O)N[C@@H](Cc1ccccc1)C(=O)N[C@@H](CC(=O)O)C(=O)N[C@@H](Cc1ccc(O)cc1)C(=O)N[C@H](C(=O)N[C@@H](CC(=O)O)C(=O)O)[C@@H](C)CC. The average Bonchev–Trinajstić information content (AvgIpc) is 3.90. The van der Waals surface area contributed by atoms with Gasteiger partial charge in [0.05, 0.1) is 25.3 Å². The second-order valence-electron chi connectivity index (χ2n) is 19.5. The van der Waals surface area contributed by atoms with Crippen LogP contribution in [0.3, 0.4) is 0 Å². The number of nitrogens with two attached hydrogens (primary N) is 1. The average molecular weight is 1130 g/mol. The first-order valence-corrected chi connectivity index (χ1v) is 25.8. The molecule has 0 saturated carbocycles. The topological polar surface area (TPSA) is 457 Å². The zero-order valence-corrected chi connectivity index (χ0v) is 44.5. The van der Waals surface area contributed by atoms with Gasteiger partial charge in [0.2, 0.25) is 47.3 Å². The summed E-state index contributed by atoms with van der Waals surface area (Å²) >= 11 is 0. The molecule has 1 saturated heterocycles. The fourth-order valence-electron chi connectivity index (χ4n) is 8.38. The number of aliphatic carboxylic acids is 5. The van der Waals surface area contributed by atoms with Gasteiger partial charge in [-0.3, -0.25) is 57.5 Å². The zero-order chi connectivity index (χ0) is 60.0. The number of hydrogen-bond donors (Lipinski definition) is 14. The molecule has 28 nitrogen and oxygen atoms in total. The number of benzene rings is 2. The monoisotopic (exact) mass is 1130 g/mol. The van der Waals surface area contributed by atoms with E-state index in [4.69, 9.17) is 5.73 Å². The van der Waals surface area contributed by atoms with Crippen LogP contribution in [0.25, 0.3) is 0 Å². The molecule has 28 heteroatoms. The minimum atomic E-state index is -2.06. The highest BCUT2D eigenvalue weighted by atomic mass is 16.4. The first-order chi connectivity index (χ1) is 37.6. The molecule has 0 unspecified atom stereocenters. The van der Waals surface area contributed by atoms with E-state index in [2.05, 4.69) is 37.2 Å². The van der Waals surface area contributed by atoms with Gasteiger partial charge in [0.25, 0.3) is 0 Å². The molecule has 2 aromatic rings. The molecular formula is C52H71N9O19. The second-order valence-corrected chi connectivity index (χ2v) is 19.5. The van der Waals surface area contributed by atoms with Gasteiger partial charge in [0.15, 0.2) is 0 Å². The Morgan fingerprint density at radius 3 is 1.45 bits per heavy atom. The Balaban J connectivity index is 1.98. The molecule has 15 N–H and O–H groups in total. The van der Waals surface area contributed by atoms with Crippen molar-refractivity contribution in [3.63, 3.8) is 0 Å². The molecule has 80 heavy (non-hydrogen) atoms. The number of aromatic hydroxyl groups is 1. The molecule has 0 aliphatic carbocycles. The minimum absolute atomic E-state index is 0.158. The predicted octanol–water partition coefficient (Wildman–Crippen LogP) is -1.65. The first-order valence-electron chi connectivity index (χ1n) is 25.8. The Morgan fingerprint density at radius 2 is 0.975 bits per heavy atom. The van der Waals surface area contributed by atoms with E-state index in [0.717, 1.165) is 0 Å². The zero-order valence-electron chi connectivity index (χ0n) is 44.5. The molecule has 11 atom stereocenters. The van der Waals surface area contributed by atoms with E-state index in [1.165, 1.54) is 48.2 Å². The molecule has 0 radical (unpaired) electrons. The number of carbonyl (C=O) groups excluding carboxylic acids is 8. The van der Waals surface area contributed by atoms with Gasteiger partial charge in [-0.1, -0.05) is 83.0 Å². The molecular weight excluding hydrogens is 1050 g/mol. The maximum atomic E-state index is 14.3. The number of nitrogens with one attached hydrogen (secondary N) is 7. The number of phenolic OH excluding ortho intramolecular Hbond substituents is 1. The second kappa shape index (κ2) is 31.6. The lowest BCUT2D eigenvalue weighted by atomic mass is 9.96. The fraction of sp³-hybridized carbons (Fsp3) is 0.519. The molecule has 0 bridgehead atoms. The lowest BCUT2D eigenvalue weighted by Gasteiger charge is -2.30. The Hall–Kier alpha value is -8.69. The summed E-state index contributed by atoms with van der Waals surface area (Å²) in [6, 6.07) is -1.87. The normalized spacial score (nSPS) is 16.7. The van der Waals surface area contributed by atoms with Gasteiger partial charge in [-0.25, -0.2) is 4.79 Å². The number of likely N-dealkylation sites (tertiary alicyclic amines) is 1. The lowest BCUT2D eigenvalue weighted by Crippen LogP contribution is -2.61. The predicted molar refractivity (Wildman–Crippen MR) is 278 cm³/mol. The molecule has 8 amide bonds. The van der Waals surface area contributed by atoms with Crippen molar-refractivity contribution >= 4 is 77.1 Å². The van der Waals surface area contributed by atoms with E-state index in [1.807, 2.05) is 6.92 Å². The van der Waals surface area contributed by atoms with Crippen molar-refractivity contribution in [1.29, 1.82) is 0 Å². The van der Waals surface area contributed by atoms with Crippen molar-refractivity contribution in [2.45, 2.75) is 153 Å². The lowest BCUT2D eigenvalue weighted by molar-refractivity contribution is -0.147. The summed E-state index contributed by atoms with van der Waals surface area (Å²) in [7, 11) is 0. The van der Waals surface area contributed by atoms with E-state index in [-0.39, 0.29) is 36.6 Å². The quantitative estimate of drug-likeness (QED) is 0.0381. The van der Waals surface area contributed by atoms with E-state index in [1.54, 1.807) is 32.0 Å². The van der Waals surface area contributed by atoms with Crippen LogP contribution in [0.1, 0.15) is 96.6 Å².